The first-order chi connectivity index (χ1) is 20.5. The van der Waals surface area contributed by atoms with Gasteiger partial charge in [-0.05, 0) is 64.2 Å². The Morgan fingerprint density at radius 2 is 0.881 bits per heavy atom. The third kappa shape index (κ3) is 7.62. The van der Waals surface area contributed by atoms with Crippen molar-refractivity contribution in [3.8, 4) is 22.3 Å². The highest BCUT2D eigenvalue weighted by molar-refractivity contribution is 6.42. The van der Waals surface area contributed by atoms with E-state index in [1.54, 1.807) is 0 Å². The summed E-state index contributed by atoms with van der Waals surface area (Å²) in [5.41, 5.74) is 9.04. The molecule has 4 aromatic carbocycles. The molecule has 0 aromatic heterocycles. The van der Waals surface area contributed by atoms with Crippen molar-refractivity contribution < 1.29 is 0 Å². The Morgan fingerprint density at radius 1 is 0.452 bits per heavy atom. The van der Waals surface area contributed by atoms with Crippen molar-refractivity contribution in [1.82, 2.24) is 19.6 Å². The van der Waals surface area contributed by atoms with E-state index in [-0.39, 0.29) is 0 Å². The molecule has 218 valence electrons. The molecule has 0 saturated carbocycles. The maximum Gasteiger partial charge on any atom is 0.0595 e. The van der Waals surface area contributed by atoms with Gasteiger partial charge in [-0.25, -0.2) is 0 Å². The number of rotatable bonds is 8. The third-order valence-corrected chi connectivity index (χ3v) is 9.44. The molecule has 2 fully saturated rings. The molecule has 0 unspecified atom stereocenters. The monoisotopic (exact) mass is 598 g/mol. The Hall–Kier alpha value is -2.70. The molecule has 0 amide bonds. The molecule has 0 atom stereocenters. The quantitative estimate of drug-likeness (QED) is 0.209. The maximum atomic E-state index is 6.21. The number of nitrogens with zero attached hydrogens (tertiary/aromatic N) is 4. The SMILES string of the molecule is CN1CCN(Cc2ccc(-c3cccc(-c4ccc(CN5CCN(Cc6ccc(Cl)c(Cl)c6)CC5)cc4)c3)cc2)CC1. The van der Waals surface area contributed by atoms with E-state index in [1.165, 1.54) is 38.9 Å². The lowest BCUT2D eigenvalue weighted by atomic mass is 9.97. The van der Waals surface area contributed by atoms with Crippen LogP contribution in [0.4, 0.5) is 0 Å². The highest BCUT2D eigenvalue weighted by Crippen LogP contribution is 2.28. The summed E-state index contributed by atoms with van der Waals surface area (Å²) in [6.45, 7) is 11.8. The van der Waals surface area contributed by atoms with Crippen molar-refractivity contribution in [3.05, 3.63) is 118 Å². The van der Waals surface area contributed by atoms with Gasteiger partial charge < -0.3 is 4.90 Å². The Balaban J connectivity index is 1.02. The van der Waals surface area contributed by atoms with E-state index in [0.29, 0.717) is 10.0 Å². The van der Waals surface area contributed by atoms with Gasteiger partial charge in [-0.3, -0.25) is 14.7 Å². The predicted octanol–water partition coefficient (Wildman–Crippen LogP) is 7.39. The highest BCUT2D eigenvalue weighted by Gasteiger charge is 2.18. The van der Waals surface area contributed by atoms with E-state index in [9.17, 15) is 0 Å². The third-order valence-electron chi connectivity index (χ3n) is 8.70. The van der Waals surface area contributed by atoms with Crippen LogP contribution in [0.1, 0.15) is 16.7 Å². The summed E-state index contributed by atoms with van der Waals surface area (Å²) in [5, 5.41) is 1.25. The van der Waals surface area contributed by atoms with E-state index in [4.69, 9.17) is 23.2 Å². The van der Waals surface area contributed by atoms with Crippen LogP contribution in [0, 0.1) is 0 Å². The van der Waals surface area contributed by atoms with Gasteiger partial charge in [0, 0.05) is 72.0 Å². The molecule has 4 aromatic rings. The van der Waals surface area contributed by atoms with Gasteiger partial charge in [0.15, 0.2) is 0 Å². The highest BCUT2D eigenvalue weighted by atomic mass is 35.5. The average molecular weight is 600 g/mol. The van der Waals surface area contributed by atoms with Gasteiger partial charge in [-0.1, -0.05) is 96.0 Å². The summed E-state index contributed by atoms with van der Waals surface area (Å²) in [6.07, 6.45) is 0. The zero-order chi connectivity index (χ0) is 28.9. The van der Waals surface area contributed by atoms with E-state index >= 15 is 0 Å². The minimum Gasteiger partial charge on any atom is -0.304 e. The molecule has 6 rings (SSSR count). The number of benzene rings is 4. The zero-order valence-electron chi connectivity index (χ0n) is 24.5. The molecule has 0 spiro atoms. The molecular formula is C36H40Cl2N4. The van der Waals surface area contributed by atoms with Crippen LogP contribution in [-0.2, 0) is 19.6 Å². The standard InChI is InChI=1S/C36H40Cl2N4/c1-39-15-17-40(18-16-39)25-28-5-10-31(11-6-28)33-3-2-4-34(24-33)32-12-7-29(8-13-32)26-41-19-21-42(22-20-41)27-30-9-14-35(37)36(38)23-30/h2-14,23-24H,15-22,25-27H2,1H3. The fourth-order valence-corrected chi connectivity index (χ4v) is 6.33. The lowest BCUT2D eigenvalue weighted by Crippen LogP contribution is -2.45. The van der Waals surface area contributed by atoms with E-state index in [0.717, 1.165) is 72.0 Å². The van der Waals surface area contributed by atoms with E-state index in [1.807, 2.05) is 12.1 Å². The van der Waals surface area contributed by atoms with Crippen LogP contribution >= 0.6 is 23.2 Å². The molecule has 2 saturated heterocycles. The van der Waals surface area contributed by atoms with Crippen LogP contribution in [0.5, 0.6) is 0 Å². The second-order valence-electron chi connectivity index (χ2n) is 11.9. The summed E-state index contributed by atoms with van der Waals surface area (Å²) < 4.78 is 0. The first-order valence-electron chi connectivity index (χ1n) is 15.1. The number of piperazine rings is 2. The van der Waals surface area contributed by atoms with Crippen molar-refractivity contribution >= 4 is 23.2 Å². The molecule has 0 radical (unpaired) electrons. The molecular weight excluding hydrogens is 559 g/mol. The van der Waals surface area contributed by atoms with E-state index in [2.05, 4.69) is 106 Å². The molecule has 2 aliphatic rings. The van der Waals surface area contributed by atoms with Crippen LogP contribution < -0.4 is 0 Å². The van der Waals surface area contributed by atoms with Crippen molar-refractivity contribution in [2.24, 2.45) is 0 Å². The minimum absolute atomic E-state index is 0.617. The molecule has 4 nitrogen and oxygen atoms in total. The summed E-state index contributed by atoms with van der Waals surface area (Å²) >= 11 is 12.3. The van der Waals surface area contributed by atoms with Gasteiger partial charge in [0.1, 0.15) is 0 Å². The zero-order valence-corrected chi connectivity index (χ0v) is 26.0. The summed E-state index contributed by atoms with van der Waals surface area (Å²) in [5.74, 6) is 0. The topological polar surface area (TPSA) is 13.0 Å². The summed E-state index contributed by atoms with van der Waals surface area (Å²) in [6, 6.07) is 33.1. The Labute approximate surface area is 261 Å². The predicted molar refractivity (Wildman–Crippen MR) is 177 cm³/mol. The maximum absolute atomic E-state index is 6.21. The molecule has 6 heteroatoms. The van der Waals surface area contributed by atoms with Crippen molar-refractivity contribution in [3.63, 3.8) is 0 Å². The van der Waals surface area contributed by atoms with Crippen molar-refractivity contribution in [1.29, 1.82) is 0 Å². The van der Waals surface area contributed by atoms with Gasteiger partial charge in [-0.15, -0.1) is 0 Å². The van der Waals surface area contributed by atoms with Gasteiger partial charge in [0.05, 0.1) is 10.0 Å². The Kier molecular flexibility index (Phi) is 9.60. The van der Waals surface area contributed by atoms with Crippen LogP contribution in [0.2, 0.25) is 10.0 Å². The molecule has 0 N–H and O–H groups in total. The first kappa shape index (κ1) is 29.4. The fraction of sp³-hybridized carbons (Fsp3) is 0.333. The molecule has 2 aliphatic heterocycles. The van der Waals surface area contributed by atoms with Crippen LogP contribution in [0.3, 0.4) is 0 Å². The molecule has 2 heterocycles. The second-order valence-corrected chi connectivity index (χ2v) is 12.7. The Bertz CT molecular complexity index is 1450. The normalized spacial score (nSPS) is 17.5. The Morgan fingerprint density at radius 3 is 1.36 bits per heavy atom. The smallest absolute Gasteiger partial charge is 0.0595 e. The lowest BCUT2D eigenvalue weighted by molar-refractivity contribution is 0.122. The number of hydrogen-bond donors (Lipinski definition) is 0. The molecule has 0 bridgehead atoms. The van der Waals surface area contributed by atoms with Gasteiger partial charge in [0.2, 0.25) is 0 Å². The molecule has 0 aliphatic carbocycles. The van der Waals surface area contributed by atoms with Crippen LogP contribution in [0.25, 0.3) is 22.3 Å². The van der Waals surface area contributed by atoms with Crippen molar-refractivity contribution in [2.75, 3.05) is 59.4 Å². The summed E-state index contributed by atoms with van der Waals surface area (Å²) in [4.78, 5) is 10.0. The summed E-state index contributed by atoms with van der Waals surface area (Å²) in [7, 11) is 2.21. The fourth-order valence-electron chi connectivity index (χ4n) is 6.01. The number of halogens is 2. The largest absolute Gasteiger partial charge is 0.304 e. The van der Waals surface area contributed by atoms with Gasteiger partial charge in [0.25, 0.3) is 0 Å². The van der Waals surface area contributed by atoms with Crippen molar-refractivity contribution in [2.45, 2.75) is 19.6 Å². The lowest BCUT2D eigenvalue weighted by Gasteiger charge is -2.34. The average Bonchev–Trinajstić information content (AvgIpc) is 3.02. The van der Waals surface area contributed by atoms with Crippen LogP contribution in [-0.4, -0.2) is 79.0 Å². The van der Waals surface area contributed by atoms with Gasteiger partial charge >= 0.3 is 0 Å². The molecule has 42 heavy (non-hydrogen) atoms. The number of hydrogen-bond acceptors (Lipinski definition) is 4. The minimum atomic E-state index is 0.617. The first-order valence-corrected chi connectivity index (χ1v) is 15.8. The van der Waals surface area contributed by atoms with E-state index < -0.39 is 0 Å². The van der Waals surface area contributed by atoms with Crippen LogP contribution in [0.15, 0.2) is 91.0 Å². The second kappa shape index (κ2) is 13.7. The van der Waals surface area contributed by atoms with Gasteiger partial charge in [-0.2, -0.15) is 0 Å². The number of likely N-dealkylation sites (N-methyl/N-ethyl adjacent to an activating group) is 1.